The van der Waals surface area contributed by atoms with Gasteiger partial charge in [0, 0.05) is 0 Å². The van der Waals surface area contributed by atoms with Gasteiger partial charge in [-0.3, -0.25) is 4.79 Å². The van der Waals surface area contributed by atoms with E-state index >= 15 is 0 Å². The number of nitrogens with one attached hydrogen (secondary N) is 1. The van der Waals surface area contributed by atoms with Crippen molar-refractivity contribution >= 4 is 31.9 Å². The van der Waals surface area contributed by atoms with Crippen LogP contribution in [0.4, 0.5) is 4.39 Å². The van der Waals surface area contributed by atoms with E-state index in [0.29, 0.717) is 0 Å². The van der Waals surface area contributed by atoms with E-state index < -0.39 is 27.8 Å². The van der Waals surface area contributed by atoms with Gasteiger partial charge in [0.2, 0.25) is 15.9 Å². The summed E-state index contributed by atoms with van der Waals surface area (Å²) < 4.78 is 39.3. The Hall–Kier alpha value is -0.990. The Morgan fingerprint density at radius 2 is 2.06 bits per heavy atom. The molecule has 1 amide bonds. The highest BCUT2D eigenvalue weighted by molar-refractivity contribution is 9.10. The van der Waals surface area contributed by atoms with E-state index in [-0.39, 0.29) is 14.9 Å². The van der Waals surface area contributed by atoms with Crippen molar-refractivity contribution in [2.45, 2.75) is 24.8 Å². The van der Waals surface area contributed by atoms with Gasteiger partial charge in [-0.1, -0.05) is 0 Å². The number of benzene rings is 1. The molecule has 0 radical (unpaired) electrons. The summed E-state index contributed by atoms with van der Waals surface area (Å²) in [6.07, 6.45) is 0. The van der Waals surface area contributed by atoms with E-state index in [0.717, 1.165) is 12.1 Å². The predicted molar refractivity (Wildman–Crippen MR) is 67.8 cm³/mol. The number of nitrogens with two attached hydrogens (primary N) is 1. The number of amides is 1. The maximum atomic E-state index is 13.2. The Kier molecular flexibility index (Phi) is 4.46. The molecule has 0 bridgehead atoms. The molecule has 5 nitrogen and oxygen atoms in total. The highest BCUT2D eigenvalue weighted by Gasteiger charge is 2.23. The first kappa shape index (κ1) is 15.1. The van der Waals surface area contributed by atoms with Gasteiger partial charge < -0.3 is 5.73 Å². The van der Waals surface area contributed by atoms with Gasteiger partial charge >= 0.3 is 0 Å². The molecule has 0 saturated heterocycles. The van der Waals surface area contributed by atoms with Gasteiger partial charge in [0.15, 0.2) is 0 Å². The molecule has 8 heteroatoms. The van der Waals surface area contributed by atoms with Crippen molar-refractivity contribution < 1.29 is 17.6 Å². The molecule has 1 rings (SSSR count). The number of halogens is 2. The van der Waals surface area contributed by atoms with Crippen LogP contribution in [0, 0.1) is 12.7 Å². The Balaban J connectivity index is 3.21. The molecule has 18 heavy (non-hydrogen) atoms. The summed E-state index contributed by atoms with van der Waals surface area (Å²) in [6.45, 7) is 2.78. The van der Waals surface area contributed by atoms with E-state index in [1.807, 2.05) is 0 Å². The molecule has 0 aliphatic carbocycles. The van der Waals surface area contributed by atoms with Gasteiger partial charge in [-0.25, -0.2) is 12.8 Å². The second kappa shape index (κ2) is 5.33. The first-order chi connectivity index (χ1) is 8.15. The summed E-state index contributed by atoms with van der Waals surface area (Å²) in [4.78, 5) is 10.7. The number of carbonyl (C=O) groups excluding carboxylic acids is 1. The third-order valence-corrected chi connectivity index (χ3v) is 4.56. The summed E-state index contributed by atoms with van der Waals surface area (Å²) in [6, 6.07) is 1.19. The highest BCUT2D eigenvalue weighted by atomic mass is 79.9. The minimum absolute atomic E-state index is 0.0280. The zero-order valence-electron chi connectivity index (χ0n) is 9.70. The van der Waals surface area contributed by atoms with Crippen LogP contribution in [0.2, 0.25) is 0 Å². The standard InChI is InChI=1S/C10H12BrFN2O3S/c1-5-3-8(12)7(11)4-9(5)18(16,17)14-6(2)10(13)15/h3-4,6,14H,1-2H3,(H2,13,15)/t6-/m0/s1. The third kappa shape index (κ3) is 3.27. The lowest BCUT2D eigenvalue weighted by molar-refractivity contribution is -0.119. The predicted octanol–water partition coefficient (Wildman–Crippen LogP) is 1.05. The van der Waals surface area contributed by atoms with Gasteiger partial charge in [0.05, 0.1) is 15.4 Å². The fourth-order valence-corrected chi connectivity index (χ4v) is 3.23. The number of aryl methyl sites for hydroxylation is 1. The number of hydrogen-bond donors (Lipinski definition) is 2. The molecule has 1 aromatic rings. The number of carbonyl (C=O) groups is 1. The summed E-state index contributed by atoms with van der Waals surface area (Å²) in [5.41, 5.74) is 5.21. The first-order valence-electron chi connectivity index (χ1n) is 4.92. The second-order valence-corrected chi connectivity index (χ2v) is 6.31. The molecule has 100 valence electrons. The van der Waals surface area contributed by atoms with Crippen LogP contribution in [0.1, 0.15) is 12.5 Å². The quantitative estimate of drug-likeness (QED) is 0.859. The minimum atomic E-state index is -3.92. The lowest BCUT2D eigenvalue weighted by atomic mass is 10.2. The SMILES string of the molecule is Cc1cc(F)c(Br)cc1S(=O)(=O)N[C@@H](C)C(N)=O. The number of rotatable bonds is 4. The summed E-state index contributed by atoms with van der Waals surface area (Å²) >= 11 is 2.91. The fraction of sp³-hybridized carbons (Fsp3) is 0.300. The van der Waals surface area contributed by atoms with Crippen molar-refractivity contribution in [3.05, 3.63) is 28.0 Å². The number of sulfonamides is 1. The van der Waals surface area contributed by atoms with E-state index in [2.05, 4.69) is 20.7 Å². The van der Waals surface area contributed by atoms with E-state index in [4.69, 9.17) is 5.73 Å². The van der Waals surface area contributed by atoms with Crippen LogP contribution in [0.5, 0.6) is 0 Å². The van der Waals surface area contributed by atoms with Crippen LogP contribution in [0.3, 0.4) is 0 Å². The van der Waals surface area contributed by atoms with Gasteiger partial charge in [-0.05, 0) is 47.5 Å². The summed E-state index contributed by atoms with van der Waals surface area (Å²) in [7, 11) is -3.92. The van der Waals surface area contributed by atoms with Crippen molar-refractivity contribution in [2.24, 2.45) is 5.73 Å². The van der Waals surface area contributed by atoms with Gasteiger partial charge in [0.25, 0.3) is 0 Å². The molecular weight excluding hydrogens is 327 g/mol. The molecule has 0 unspecified atom stereocenters. The molecule has 1 aromatic carbocycles. The van der Waals surface area contributed by atoms with Crippen molar-refractivity contribution in [2.75, 3.05) is 0 Å². The Morgan fingerprint density at radius 3 is 2.56 bits per heavy atom. The van der Waals surface area contributed by atoms with Crippen LogP contribution in [-0.2, 0) is 14.8 Å². The molecular formula is C10H12BrFN2O3S. The van der Waals surface area contributed by atoms with E-state index in [1.165, 1.54) is 13.8 Å². The second-order valence-electron chi connectivity index (χ2n) is 3.78. The molecule has 0 saturated carbocycles. The van der Waals surface area contributed by atoms with Crippen molar-refractivity contribution in [3.63, 3.8) is 0 Å². The molecule has 0 fully saturated rings. The average molecular weight is 339 g/mol. The van der Waals surface area contributed by atoms with Crippen molar-refractivity contribution in [1.29, 1.82) is 0 Å². The molecule has 0 heterocycles. The monoisotopic (exact) mass is 338 g/mol. The lowest BCUT2D eigenvalue weighted by Crippen LogP contribution is -2.42. The van der Waals surface area contributed by atoms with Gasteiger partial charge in [-0.15, -0.1) is 0 Å². The van der Waals surface area contributed by atoms with Crippen LogP contribution < -0.4 is 10.5 Å². The van der Waals surface area contributed by atoms with E-state index in [1.54, 1.807) is 0 Å². The Labute approximate surface area is 113 Å². The maximum absolute atomic E-state index is 13.2. The first-order valence-corrected chi connectivity index (χ1v) is 7.20. The van der Waals surface area contributed by atoms with Crippen LogP contribution >= 0.6 is 15.9 Å². The van der Waals surface area contributed by atoms with Crippen LogP contribution in [0.15, 0.2) is 21.5 Å². The topological polar surface area (TPSA) is 89.3 Å². The Bertz CT molecular complexity index is 589. The molecule has 0 aromatic heterocycles. The third-order valence-electron chi connectivity index (χ3n) is 2.27. The molecule has 0 aliphatic heterocycles. The maximum Gasteiger partial charge on any atom is 0.241 e. The fourth-order valence-electron chi connectivity index (χ4n) is 1.27. The van der Waals surface area contributed by atoms with E-state index in [9.17, 15) is 17.6 Å². The molecule has 3 N–H and O–H groups in total. The Morgan fingerprint density at radius 1 is 1.50 bits per heavy atom. The van der Waals surface area contributed by atoms with Gasteiger partial charge in [-0.2, -0.15) is 4.72 Å². The minimum Gasteiger partial charge on any atom is -0.368 e. The smallest absolute Gasteiger partial charge is 0.241 e. The normalized spacial score (nSPS) is 13.3. The molecule has 0 spiro atoms. The molecule has 1 atom stereocenters. The van der Waals surface area contributed by atoms with Crippen LogP contribution in [-0.4, -0.2) is 20.4 Å². The highest BCUT2D eigenvalue weighted by Crippen LogP contribution is 2.23. The lowest BCUT2D eigenvalue weighted by Gasteiger charge is -2.13. The van der Waals surface area contributed by atoms with Crippen LogP contribution in [0.25, 0.3) is 0 Å². The zero-order chi connectivity index (χ0) is 14.1. The van der Waals surface area contributed by atoms with Crippen molar-refractivity contribution in [3.8, 4) is 0 Å². The average Bonchev–Trinajstić information content (AvgIpc) is 2.22. The number of hydrogen-bond acceptors (Lipinski definition) is 3. The summed E-state index contributed by atoms with van der Waals surface area (Å²) in [5, 5.41) is 0. The zero-order valence-corrected chi connectivity index (χ0v) is 12.1. The largest absolute Gasteiger partial charge is 0.368 e. The molecule has 0 aliphatic rings. The van der Waals surface area contributed by atoms with Gasteiger partial charge in [0.1, 0.15) is 5.82 Å². The van der Waals surface area contributed by atoms with Crippen molar-refractivity contribution in [1.82, 2.24) is 4.72 Å². The number of primary amides is 1. The summed E-state index contributed by atoms with van der Waals surface area (Å²) in [5.74, 6) is -1.35.